The molecule has 4 N–H and O–H groups in total. The number of benzene rings is 2. The standard InChI is InChI=1S/C26H30N2O4/c1-26-10-9-18-17-6-4-16(11-14(17)3-5-19(18)21(26)7-8-23(26)29)32-25(30)20-12-15(27)13-22(28)24(20)31-2/h4,6,11-13,18-19,21H,3,5,7-10,27-28H2,1-2H3. The molecule has 2 fully saturated rings. The van der Waals surface area contributed by atoms with Crippen LogP contribution < -0.4 is 20.9 Å². The van der Waals surface area contributed by atoms with Crippen LogP contribution in [-0.4, -0.2) is 18.9 Å². The van der Waals surface area contributed by atoms with Crippen LogP contribution >= 0.6 is 0 Å². The fourth-order valence-corrected chi connectivity index (χ4v) is 6.61. The van der Waals surface area contributed by atoms with Gasteiger partial charge in [0.15, 0.2) is 5.75 Å². The number of methoxy groups -OCH3 is 1. The number of hydrogen-bond donors (Lipinski definition) is 2. The molecule has 6 heteroatoms. The Hall–Kier alpha value is -3.02. The number of anilines is 2. The summed E-state index contributed by atoms with van der Waals surface area (Å²) in [5.41, 5.74) is 15.2. The second kappa shape index (κ2) is 7.54. The van der Waals surface area contributed by atoms with Gasteiger partial charge in [-0.25, -0.2) is 4.79 Å². The largest absolute Gasteiger partial charge is 0.494 e. The lowest BCUT2D eigenvalue weighted by Gasteiger charge is -2.48. The lowest BCUT2D eigenvalue weighted by molar-refractivity contribution is -0.129. The van der Waals surface area contributed by atoms with Crippen LogP contribution in [0.15, 0.2) is 30.3 Å². The van der Waals surface area contributed by atoms with Crippen LogP contribution in [0.3, 0.4) is 0 Å². The summed E-state index contributed by atoms with van der Waals surface area (Å²) in [4.78, 5) is 25.4. The van der Waals surface area contributed by atoms with Gasteiger partial charge in [-0.15, -0.1) is 0 Å². The summed E-state index contributed by atoms with van der Waals surface area (Å²) >= 11 is 0. The quantitative estimate of drug-likeness (QED) is 0.419. The molecule has 168 valence electrons. The highest BCUT2D eigenvalue weighted by molar-refractivity contribution is 5.97. The van der Waals surface area contributed by atoms with Crippen LogP contribution in [0.5, 0.6) is 11.5 Å². The van der Waals surface area contributed by atoms with Gasteiger partial charge in [-0.2, -0.15) is 0 Å². The van der Waals surface area contributed by atoms with Crippen molar-refractivity contribution in [2.24, 2.45) is 17.3 Å². The summed E-state index contributed by atoms with van der Waals surface area (Å²) in [7, 11) is 1.46. The molecule has 4 atom stereocenters. The van der Waals surface area contributed by atoms with Crippen LogP contribution in [0.2, 0.25) is 0 Å². The van der Waals surface area contributed by atoms with Crippen molar-refractivity contribution in [1.82, 2.24) is 0 Å². The SMILES string of the molecule is COc1c(N)cc(N)cc1C(=O)Oc1ccc2c(c1)CCC1C2CCC2(C)C(=O)CCC12. The third-order valence-electron chi connectivity index (χ3n) is 8.18. The Bertz CT molecular complexity index is 1110. The van der Waals surface area contributed by atoms with Crippen molar-refractivity contribution in [2.75, 3.05) is 18.6 Å². The van der Waals surface area contributed by atoms with Crippen LogP contribution in [-0.2, 0) is 11.2 Å². The predicted octanol–water partition coefficient (Wildman–Crippen LogP) is 4.50. The minimum absolute atomic E-state index is 0.118. The second-order valence-electron chi connectivity index (χ2n) is 9.77. The van der Waals surface area contributed by atoms with E-state index in [1.807, 2.05) is 12.1 Å². The first-order chi connectivity index (χ1) is 15.3. The molecule has 5 rings (SSSR count). The molecule has 0 aromatic heterocycles. The Morgan fingerprint density at radius 2 is 1.91 bits per heavy atom. The minimum atomic E-state index is -0.549. The highest BCUT2D eigenvalue weighted by Gasteiger charge is 2.54. The predicted molar refractivity (Wildman–Crippen MR) is 123 cm³/mol. The van der Waals surface area contributed by atoms with Crippen LogP contribution in [0.25, 0.3) is 0 Å². The summed E-state index contributed by atoms with van der Waals surface area (Å²) in [6.07, 6.45) is 5.83. The van der Waals surface area contributed by atoms with Gasteiger partial charge in [0.05, 0.1) is 12.8 Å². The van der Waals surface area contributed by atoms with Crippen LogP contribution in [0.4, 0.5) is 11.4 Å². The zero-order valence-electron chi connectivity index (χ0n) is 18.6. The molecule has 0 heterocycles. The Labute approximate surface area is 188 Å². The van der Waals surface area contributed by atoms with Crippen molar-refractivity contribution in [2.45, 2.75) is 51.4 Å². The molecule has 2 aromatic rings. The van der Waals surface area contributed by atoms with Crippen molar-refractivity contribution in [3.63, 3.8) is 0 Å². The molecule has 0 aliphatic heterocycles. The summed E-state index contributed by atoms with van der Waals surface area (Å²) in [5.74, 6) is 2.25. The van der Waals surface area contributed by atoms with Gasteiger partial charge < -0.3 is 20.9 Å². The minimum Gasteiger partial charge on any atom is -0.494 e. The Morgan fingerprint density at radius 1 is 1.09 bits per heavy atom. The van der Waals surface area contributed by atoms with Gasteiger partial charge in [0.25, 0.3) is 0 Å². The second-order valence-corrected chi connectivity index (χ2v) is 9.77. The van der Waals surface area contributed by atoms with Gasteiger partial charge in [0, 0.05) is 17.5 Å². The summed E-state index contributed by atoms with van der Waals surface area (Å²) in [6, 6.07) is 9.04. The first-order valence-electron chi connectivity index (χ1n) is 11.4. The van der Waals surface area contributed by atoms with E-state index >= 15 is 0 Å². The van der Waals surface area contributed by atoms with Gasteiger partial charge in [0.2, 0.25) is 0 Å². The highest BCUT2D eigenvalue weighted by atomic mass is 16.5. The number of nitrogen functional groups attached to an aromatic ring is 2. The molecule has 6 nitrogen and oxygen atoms in total. The zero-order chi connectivity index (χ0) is 22.6. The van der Waals surface area contributed by atoms with Crippen molar-refractivity contribution in [1.29, 1.82) is 0 Å². The Balaban J connectivity index is 1.39. The molecule has 0 amide bonds. The number of fused-ring (bicyclic) bond motifs is 5. The number of aryl methyl sites for hydroxylation is 1. The number of rotatable bonds is 3. The molecule has 0 spiro atoms. The molecule has 0 bridgehead atoms. The average molecular weight is 435 g/mol. The number of ketones is 1. The van der Waals surface area contributed by atoms with E-state index in [4.69, 9.17) is 20.9 Å². The van der Waals surface area contributed by atoms with Crippen LogP contribution in [0, 0.1) is 17.3 Å². The fourth-order valence-electron chi connectivity index (χ4n) is 6.61. The highest BCUT2D eigenvalue weighted by Crippen LogP contribution is 2.59. The number of ether oxygens (including phenoxy) is 2. The molecular weight excluding hydrogens is 404 g/mol. The van der Waals surface area contributed by atoms with E-state index in [2.05, 4.69) is 13.0 Å². The molecule has 4 unspecified atom stereocenters. The molecule has 32 heavy (non-hydrogen) atoms. The lowest BCUT2D eigenvalue weighted by atomic mass is 9.55. The number of carbonyl (C=O) groups is 2. The fraction of sp³-hybridized carbons (Fsp3) is 0.462. The van der Waals surface area contributed by atoms with Crippen LogP contribution in [0.1, 0.15) is 66.4 Å². The number of Topliss-reactive ketones (excluding diaryl/α,β-unsaturated/α-hetero) is 1. The topological polar surface area (TPSA) is 105 Å². The van der Waals surface area contributed by atoms with Crippen molar-refractivity contribution >= 4 is 23.1 Å². The molecule has 0 saturated heterocycles. The molecular formula is C26H30N2O4. The number of nitrogens with two attached hydrogens (primary N) is 2. The monoisotopic (exact) mass is 434 g/mol. The van der Waals surface area contributed by atoms with Crippen molar-refractivity contribution < 1.29 is 19.1 Å². The maximum Gasteiger partial charge on any atom is 0.347 e. The third kappa shape index (κ3) is 3.15. The summed E-state index contributed by atoms with van der Waals surface area (Å²) in [5, 5.41) is 0. The van der Waals surface area contributed by atoms with E-state index in [0.29, 0.717) is 40.7 Å². The van der Waals surface area contributed by atoms with E-state index in [-0.39, 0.29) is 16.7 Å². The van der Waals surface area contributed by atoms with E-state index in [0.717, 1.165) is 38.5 Å². The van der Waals surface area contributed by atoms with Gasteiger partial charge >= 0.3 is 5.97 Å². The first-order valence-corrected chi connectivity index (χ1v) is 11.4. The first kappa shape index (κ1) is 20.9. The molecule has 0 radical (unpaired) electrons. The lowest BCUT2D eigenvalue weighted by Crippen LogP contribution is -2.42. The normalized spacial score (nSPS) is 28.4. The van der Waals surface area contributed by atoms with Crippen molar-refractivity contribution in [3.8, 4) is 11.5 Å². The van der Waals surface area contributed by atoms with E-state index < -0.39 is 5.97 Å². The smallest absolute Gasteiger partial charge is 0.347 e. The van der Waals surface area contributed by atoms with Gasteiger partial charge in [0.1, 0.15) is 17.1 Å². The number of hydrogen-bond acceptors (Lipinski definition) is 6. The average Bonchev–Trinajstić information content (AvgIpc) is 3.07. The number of esters is 1. The van der Waals surface area contributed by atoms with E-state index in [1.54, 1.807) is 6.07 Å². The molecule has 2 saturated carbocycles. The van der Waals surface area contributed by atoms with Gasteiger partial charge in [-0.1, -0.05) is 13.0 Å². The Morgan fingerprint density at radius 3 is 2.69 bits per heavy atom. The summed E-state index contributed by atoms with van der Waals surface area (Å²) in [6.45, 7) is 2.19. The van der Waals surface area contributed by atoms with Gasteiger partial charge in [-0.3, -0.25) is 4.79 Å². The van der Waals surface area contributed by atoms with E-state index in [9.17, 15) is 9.59 Å². The third-order valence-corrected chi connectivity index (χ3v) is 8.18. The maximum absolute atomic E-state index is 12.8. The zero-order valence-corrected chi connectivity index (χ0v) is 18.6. The Kier molecular flexibility index (Phi) is 4.91. The maximum atomic E-state index is 12.8. The molecule has 3 aliphatic rings. The van der Waals surface area contributed by atoms with Gasteiger partial charge in [-0.05, 0) is 85.3 Å². The van der Waals surface area contributed by atoms with E-state index in [1.165, 1.54) is 24.3 Å². The summed E-state index contributed by atoms with van der Waals surface area (Å²) < 4.78 is 11.0. The number of carbonyl (C=O) groups excluding carboxylic acids is 2. The molecule has 2 aromatic carbocycles. The molecule has 3 aliphatic carbocycles. The van der Waals surface area contributed by atoms with Crippen molar-refractivity contribution in [3.05, 3.63) is 47.0 Å².